The molecular formula is C5H7IO2. The fourth-order valence-electron chi connectivity index (χ4n) is 0.209. The summed E-state index contributed by atoms with van der Waals surface area (Å²) in [5.41, 5.74) is 0. The van der Waals surface area contributed by atoms with Crippen molar-refractivity contribution in [3.8, 4) is 0 Å². The average molecular weight is 226 g/mol. The fraction of sp³-hybridized carbons (Fsp3) is 0.400. The SMILES string of the molecule is COC(=O)C=CCI. The summed E-state index contributed by atoms with van der Waals surface area (Å²) in [6.45, 7) is 0. The molecule has 0 aromatic heterocycles. The van der Waals surface area contributed by atoms with Gasteiger partial charge in [0.15, 0.2) is 0 Å². The van der Waals surface area contributed by atoms with Gasteiger partial charge in [-0.2, -0.15) is 0 Å². The van der Waals surface area contributed by atoms with Gasteiger partial charge in [-0.05, 0) is 0 Å². The maximum Gasteiger partial charge on any atom is 0.330 e. The summed E-state index contributed by atoms with van der Waals surface area (Å²) in [6, 6.07) is 0. The second kappa shape index (κ2) is 5.08. The van der Waals surface area contributed by atoms with Crippen LogP contribution in [0.2, 0.25) is 0 Å². The third-order valence-corrected chi connectivity index (χ3v) is 1.05. The van der Waals surface area contributed by atoms with Crippen molar-refractivity contribution in [1.82, 2.24) is 0 Å². The van der Waals surface area contributed by atoms with Crippen LogP contribution in [0.1, 0.15) is 0 Å². The van der Waals surface area contributed by atoms with Crippen LogP contribution in [0, 0.1) is 0 Å². The highest BCUT2D eigenvalue weighted by Gasteiger charge is 1.86. The molecular weight excluding hydrogens is 219 g/mol. The van der Waals surface area contributed by atoms with Gasteiger partial charge in [-0.3, -0.25) is 0 Å². The topological polar surface area (TPSA) is 26.3 Å². The average Bonchev–Trinajstić information content (AvgIpc) is 1.83. The molecule has 0 saturated carbocycles. The zero-order chi connectivity index (χ0) is 6.41. The number of carbonyl (C=O) groups excluding carboxylic acids is 1. The Labute approximate surface area is 62.0 Å². The lowest BCUT2D eigenvalue weighted by molar-refractivity contribution is -0.134. The predicted octanol–water partition coefficient (Wildman–Crippen LogP) is 1.15. The lowest BCUT2D eigenvalue weighted by Crippen LogP contribution is -1.93. The number of halogens is 1. The summed E-state index contributed by atoms with van der Waals surface area (Å²) in [5.74, 6) is -0.290. The van der Waals surface area contributed by atoms with E-state index in [0.717, 1.165) is 4.43 Å². The Kier molecular flexibility index (Phi) is 5.05. The van der Waals surface area contributed by atoms with Crippen molar-refractivity contribution in [2.45, 2.75) is 0 Å². The Morgan fingerprint density at radius 2 is 2.50 bits per heavy atom. The molecule has 0 atom stereocenters. The van der Waals surface area contributed by atoms with E-state index in [9.17, 15) is 4.79 Å². The van der Waals surface area contributed by atoms with E-state index in [4.69, 9.17) is 0 Å². The molecule has 0 heterocycles. The van der Waals surface area contributed by atoms with E-state index < -0.39 is 0 Å². The molecule has 0 bridgehead atoms. The molecule has 0 radical (unpaired) electrons. The second-order valence-electron chi connectivity index (χ2n) is 1.08. The van der Waals surface area contributed by atoms with Gasteiger partial charge in [0.05, 0.1) is 7.11 Å². The van der Waals surface area contributed by atoms with E-state index >= 15 is 0 Å². The minimum atomic E-state index is -0.290. The highest BCUT2D eigenvalue weighted by atomic mass is 127. The van der Waals surface area contributed by atoms with E-state index in [1.54, 1.807) is 6.08 Å². The van der Waals surface area contributed by atoms with Crippen molar-refractivity contribution in [2.24, 2.45) is 0 Å². The van der Waals surface area contributed by atoms with Gasteiger partial charge in [0, 0.05) is 10.5 Å². The van der Waals surface area contributed by atoms with Crippen molar-refractivity contribution in [3.05, 3.63) is 12.2 Å². The molecule has 0 rings (SSSR count). The summed E-state index contributed by atoms with van der Waals surface area (Å²) in [7, 11) is 1.36. The number of alkyl halides is 1. The molecule has 0 aromatic rings. The van der Waals surface area contributed by atoms with E-state index in [1.807, 2.05) is 0 Å². The second-order valence-corrected chi connectivity index (χ2v) is 1.96. The number of hydrogen-bond donors (Lipinski definition) is 0. The minimum absolute atomic E-state index is 0.290. The van der Waals surface area contributed by atoms with Crippen molar-refractivity contribution in [3.63, 3.8) is 0 Å². The third kappa shape index (κ3) is 4.11. The number of carbonyl (C=O) groups is 1. The van der Waals surface area contributed by atoms with Crippen LogP contribution in [-0.2, 0) is 9.53 Å². The highest BCUT2D eigenvalue weighted by molar-refractivity contribution is 14.1. The van der Waals surface area contributed by atoms with E-state index in [2.05, 4.69) is 27.3 Å². The molecule has 2 nitrogen and oxygen atoms in total. The molecule has 0 fully saturated rings. The molecule has 0 saturated heterocycles. The van der Waals surface area contributed by atoms with Crippen LogP contribution in [0.4, 0.5) is 0 Å². The van der Waals surface area contributed by atoms with Crippen molar-refractivity contribution in [1.29, 1.82) is 0 Å². The normalized spacial score (nSPS) is 9.75. The summed E-state index contributed by atoms with van der Waals surface area (Å²) < 4.78 is 5.16. The molecule has 0 spiro atoms. The first-order valence-electron chi connectivity index (χ1n) is 2.11. The molecule has 0 unspecified atom stereocenters. The largest absolute Gasteiger partial charge is 0.466 e. The summed E-state index contributed by atoms with van der Waals surface area (Å²) in [4.78, 5) is 10.3. The highest BCUT2D eigenvalue weighted by Crippen LogP contribution is 1.83. The standard InChI is InChI=1S/C5H7IO2/c1-8-5(7)3-2-4-6/h2-3H,4H2,1H3. The molecule has 0 aliphatic carbocycles. The molecule has 46 valence electrons. The Morgan fingerprint density at radius 3 is 2.88 bits per heavy atom. The Morgan fingerprint density at radius 1 is 1.88 bits per heavy atom. The minimum Gasteiger partial charge on any atom is -0.466 e. The fourth-order valence-corrected chi connectivity index (χ4v) is 0.463. The Bertz CT molecular complexity index is 98.6. The number of rotatable bonds is 2. The lowest BCUT2D eigenvalue weighted by Gasteiger charge is -1.85. The summed E-state index contributed by atoms with van der Waals surface area (Å²) in [5, 5.41) is 0. The van der Waals surface area contributed by atoms with E-state index in [0.29, 0.717) is 0 Å². The van der Waals surface area contributed by atoms with Gasteiger partial charge in [-0.25, -0.2) is 4.79 Å². The van der Waals surface area contributed by atoms with Crippen molar-refractivity contribution >= 4 is 28.6 Å². The van der Waals surface area contributed by atoms with Gasteiger partial charge in [0.25, 0.3) is 0 Å². The quantitative estimate of drug-likeness (QED) is 0.305. The monoisotopic (exact) mass is 226 g/mol. The van der Waals surface area contributed by atoms with Gasteiger partial charge < -0.3 is 4.74 Å². The summed E-state index contributed by atoms with van der Waals surface area (Å²) >= 11 is 2.14. The number of ether oxygens (including phenoxy) is 1. The maximum atomic E-state index is 10.3. The number of hydrogen-bond acceptors (Lipinski definition) is 2. The summed E-state index contributed by atoms with van der Waals surface area (Å²) in [6.07, 6.45) is 3.15. The predicted molar refractivity (Wildman–Crippen MR) is 40.0 cm³/mol. The lowest BCUT2D eigenvalue weighted by atomic mass is 10.5. The van der Waals surface area contributed by atoms with E-state index in [-0.39, 0.29) is 5.97 Å². The maximum absolute atomic E-state index is 10.3. The zero-order valence-electron chi connectivity index (χ0n) is 4.56. The Balaban J connectivity index is 3.37. The first-order chi connectivity index (χ1) is 3.81. The Hall–Kier alpha value is -0.0600. The number of allylic oxidation sites excluding steroid dienone is 1. The number of esters is 1. The molecule has 0 aliphatic rings. The first-order valence-corrected chi connectivity index (χ1v) is 3.64. The molecule has 8 heavy (non-hydrogen) atoms. The van der Waals surface area contributed by atoms with Crippen LogP contribution < -0.4 is 0 Å². The van der Waals surface area contributed by atoms with Crippen LogP contribution in [0.5, 0.6) is 0 Å². The third-order valence-electron chi connectivity index (χ3n) is 0.544. The van der Waals surface area contributed by atoms with Gasteiger partial charge >= 0.3 is 5.97 Å². The van der Waals surface area contributed by atoms with Crippen LogP contribution >= 0.6 is 22.6 Å². The number of methoxy groups -OCH3 is 1. The molecule has 0 N–H and O–H groups in total. The van der Waals surface area contributed by atoms with E-state index in [1.165, 1.54) is 13.2 Å². The van der Waals surface area contributed by atoms with Gasteiger partial charge in [0.2, 0.25) is 0 Å². The zero-order valence-corrected chi connectivity index (χ0v) is 6.71. The van der Waals surface area contributed by atoms with Crippen molar-refractivity contribution < 1.29 is 9.53 Å². The van der Waals surface area contributed by atoms with Crippen LogP contribution in [0.25, 0.3) is 0 Å². The van der Waals surface area contributed by atoms with Crippen molar-refractivity contribution in [2.75, 3.05) is 11.5 Å². The van der Waals surface area contributed by atoms with Crippen LogP contribution in [-0.4, -0.2) is 17.5 Å². The smallest absolute Gasteiger partial charge is 0.330 e. The van der Waals surface area contributed by atoms with Gasteiger partial charge in [0.1, 0.15) is 0 Å². The first kappa shape index (κ1) is 7.94. The molecule has 0 amide bonds. The van der Waals surface area contributed by atoms with Gasteiger partial charge in [-0.15, -0.1) is 0 Å². The molecule has 3 heteroatoms. The van der Waals surface area contributed by atoms with Crippen LogP contribution in [0.3, 0.4) is 0 Å². The van der Waals surface area contributed by atoms with Crippen LogP contribution in [0.15, 0.2) is 12.2 Å². The molecule has 0 aromatic carbocycles. The van der Waals surface area contributed by atoms with Gasteiger partial charge in [-0.1, -0.05) is 28.7 Å². The molecule has 0 aliphatic heterocycles.